The minimum absolute atomic E-state index is 0.770. The molecule has 1 aromatic rings. The molecule has 3 heteroatoms. The molecule has 100 valence electrons. The Bertz CT molecular complexity index is 361. The Kier molecular flexibility index (Phi) is 5.02. The Morgan fingerprint density at radius 3 is 2.72 bits per heavy atom. The summed E-state index contributed by atoms with van der Waals surface area (Å²) in [5.41, 5.74) is 2.72. The van der Waals surface area contributed by atoms with Gasteiger partial charge in [0.1, 0.15) is 0 Å². The van der Waals surface area contributed by atoms with Gasteiger partial charge < -0.3 is 15.0 Å². The molecule has 0 amide bonds. The summed E-state index contributed by atoms with van der Waals surface area (Å²) in [6, 6.07) is 8.64. The van der Waals surface area contributed by atoms with Crippen LogP contribution in [0.1, 0.15) is 18.4 Å². The first-order valence-electron chi connectivity index (χ1n) is 6.82. The number of hydrogen-bond donors (Lipinski definition) is 1. The highest BCUT2D eigenvalue weighted by Gasteiger charge is 2.17. The summed E-state index contributed by atoms with van der Waals surface area (Å²) >= 11 is 0. The van der Waals surface area contributed by atoms with Crippen molar-refractivity contribution in [1.82, 2.24) is 5.32 Å². The Morgan fingerprint density at radius 2 is 2.00 bits per heavy atom. The zero-order valence-electron chi connectivity index (χ0n) is 11.5. The molecule has 1 aliphatic heterocycles. The summed E-state index contributed by atoms with van der Waals surface area (Å²) in [7, 11) is 4.19. The molecule has 0 unspecified atom stereocenters. The van der Waals surface area contributed by atoms with Crippen LogP contribution in [0.15, 0.2) is 24.3 Å². The third-order valence-corrected chi connectivity index (χ3v) is 3.64. The average molecular weight is 248 g/mol. The summed E-state index contributed by atoms with van der Waals surface area (Å²) in [5, 5.41) is 3.24. The lowest BCUT2D eigenvalue weighted by Crippen LogP contribution is -2.30. The lowest BCUT2D eigenvalue weighted by atomic mass is 9.99. The second-order valence-electron chi connectivity index (χ2n) is 5.10. The smallest absolute Gasteiger partial charge is 0.0469 e. The predicted octanol–water partition coefficient (Wildman–Crippen LogP) is 2.27. The molecule has 1 N–H and O–H groups in total. The monoisotopic (exact) mass is 248 g/mol. The SMILES string of the molecule is CNCc1ccccc1N(C)CC1CCOCC1. The van der Waals surface area contributed by atoms with Gasteiger partial charge >= 0.3 is 0 Å². The molecule has 0 aliphatic carbocycles. The Morgan fingerprint density at radius 1 is 1.28 bits per heavy atom. The van der Waals surface area contributed by atoms with Crippen molar-refractivity contribution in [1.29, 1.82) is 0 Å². The van der Waals surface area contributed by atoms with Crippen LogP contribution in [0.4, 0.5) is 5.69 Å². The second-order valence-corrected chi connectivity index (χ2v) is 5.10. The van der Waals surface area contributed by atoms with Crippen LogP contribution in [-0.4, -0.2) is 33.9 Å². The molecule has 3 nitrogen and oxygen atoms in total. The first-order chi connectivity index (χ1) is 8.81. The van der Waals surface area contributed by atoms with E-state index in [4.69, 9.17) is 4.74 Å². The molecule has 1 aliphatic rings. The van der Waals surface area contributed by atoms with Crippen LogP contribution in [0.2, 0.25) is 0 Å². The highest BCUT2D eigenvalue weighted by molar-refractivity contribution is 5.53. The van der Waals surface area contributed by atoms with Gasteiger partial charge in [-0.15, -0.1) is 0 Å². The van der Waals surface area contributed by atoms with Gasteiger partial charge in [0.25, 0.3) is 0 Å². The van der Waals surface area contributed by atoms with Crippen LogP contribution < -0.4 is 10.2 Å². The molecule has 0 bridgehead atoms. The summed E-state index contributed by atoms with van der Waals surface area (Å²) in [5.74, 6) is 0.770. The Hall–Kier alpha value is -1.06. The van der Waals surface area contributed by atoms with Gasteiger partial charge in [-0.05, 0) is 37.4 Å². The maximum atomic E-state index is 5.42. The van der Waals surface area contributed by atoms with Crippen molar-refractivity contribution >= 4 is 5.69 Å². The summed E-state index contributed by atoms with van der Waals surface area (Å²) in [6.45, 7) is 3.91. The lowest BCUT2D eigenvalue weighted by molar-refractivity contribution is 0.0685. The maximum Gasteiger partial charge on any atom is 0.0469 e. The normalized spacial score (nSPS) is 16.8. The standard InChI is InChI=1S/C15H24N2O/c1-16-11-14-5-3-4-6-15(14)17(2)12-13-7-9-18-10-8-13/h3-6,13,16H,7-12H2,1-2H3. The molecule has 0 aromatic heterocycles. The van der Waals surface area contributed by atoms with E-state index in [0.29, 0.717) is 0 Å². The highest BCUT2D eigenvalue weighted by Crippen LogP contribution is 2.23. The summed E-state index contributed by atoms with van der Waals surface area (Å²) in [4.78, 5) is 2.39. The fourth-order valence-corrected chi connectivity index (χ4v) is 2.64. The van der Waals surface area contributed by atoms with Crippen molar-refractivity contribution in [2.45, 2.75) is 19.4 Å². The molecular weight excluding hydrogens is 224 g/mol. The highest BCUT2D eigenvalue weighted by atomic mass is 16.5. The molecule has 1 saturated heterocycles. The van der Waals surface area contributed by atoms with Gasteiger partial charge in [0, 0.05) is 39.0 Å². The van der Waals surface area contributed by atoms with E-state index in [1.807, 2.05) is 7.05 Å². The van der Waals surface area contributed by atoms with Crippen molar-refractivity contribution in [3.63, 3.8) is 0 Å². The number of nitrogens with zero attached hydrogens (tertiary/aromatic N) is 1. The third kappa shape index (κ3) is 3.47. The number of hydrogen-bond acceptors (Lipinski definition) is 3. The molecular formula is C15H24N2O. The fraction of sp³-hybridized carbons (Fsp3) is 0.600. The molecule has 0 atom stereocenters. The number of para-hydroxylation sites is 1. The molecule has 2 rings (SSSR count). The minimum Gasteiger partial charge on any atom is -0.381 e. The van der Waals surface area contributed by atoms with Gasteiger partial charge in [-0.3, -0.25) is 0 Å². The van der Waals surface area contributed by atoms with Crippen molar-refractivity contribution in [2.24, 2.45) is 5.92 Å². The molecule has 1 aromatic carbocycles. The molecule has 1 fully saturated rings. The number of rotatable bonds is 5. The van der Waals surface area contributed by atoms with Gasteiger partial charge in [0.05, 0.1) is 0 Å². The van der Waals surface area contributed by atoms with Crippen molar-refractivity contribution in [3.05, 3.63) is 29.8 Å². The van der Waals surface area contributed by atoms with Crippen molar-refractivity contribution in [3.8, 4) is 0 Å². The molecule has 0 spiro atoms. The van der Waals surface area contributed by atoms with Crippen molar-refractivity contribution < 1.29 is 4.74 Å². The van der Waals surface area contributed by atoms with Crippen LogP contribution in [-0.2, 0) is 11.3 Å². The topological polar surface area (TPSA) is 24.5 Å². The molecule has 0 radical (unpaired) electrons. The molecule has 0 saturated carbocycles. The van der Waals surface area contributed by atoms with E-state index in [1.54, 1.807) is 0 Å². The van der Waals surface area contributed by atoms with Crippen LogP contribution in [0.25, 0.3) is 0 Å². The zero-order valence-corrected chi connectivity index (χ0v) is 11.5. The lowest BCUT2D eigenvalue weighted by Gasteiger charge is -2.29. The Labute approximate surface area is 110 Å². The van der Waals surface area contributed by atoms with E-state index in [9.17, 15) is 0 Å². The van der Waals surface area contributed by atoms with E-state index in [1.165, 1.54) is 24.1 Å². The number of ether oxygens (including phenoxy) is 1. The van der Waals surface area contributed by atoms with Gasteiger partial charge in [-0.1, -0.05) is 18.2 Å². The largest absolute Gasteiger partial charge is 0.381 e. The van der Waals surface area contributed by atoms with Crippen molar-refractivity contribution in [2.75, 3.05) is 38.8 Å². The van der Waals surface area contributed by atoms with E-state index < -0.39 is 0 Å². The van der Waals surface area contributed by atoms with Crippen LogP contribution in [0.5, 0.6) is 0 Å². The summed E-state index contributed by atoms with van der Waals surface area (Å²) < 4.78 is 5.42. The van der Waals surface area contributed by atoms with Gasteiger partial charge in [0.2, 0.25) is 0 Å². The predicted molar refractivity (Wildman–Crippen MR) is 76.0 cm³/mol. The third-order valence-electron chi connectivity index (χ3n) is 3.64. The Balaban J connectivity index is 2.00. The van der Waals surface area contributed by atoms with Gasteiger partial charge in [-0.25, -0.2) is 0 Å². The van der Waals surface area contributed by atoms with Crippen LogP contribution in [0, 0.1) is 5.92 Å². The second kappa shape index (κ2) is 6.76. The van der Waals surface area contributed by atoms with E-state index >= 15 is 0 Å². The number of anilines is 1. The number of benzene rings is 1. The first-order valence-corrected chi connectivity index (χ1v) is 6.82. The maximum absolute atomic E-state index is 5.42. The van der Waals surface area contributed by atoms with Crippen LogP contribution >= 0.6 is 0 Å². The van der Waals surface area contributed by atoms with Crippen LogP contribution in [0.3, 0.4) is 0 Å². The summed E-state index contributed by atoms with van der Waals surface area (Å²) in [6.07, 6.45) is 2.39. The van der Waals surface area contributed by atoms with Gasteiger partial charge in [-0.2, -0.15) is 0 Å². The average Bonchev–Trinajstić information content (AvgIpc) is 2.41. The fourth-order valence-electron chi connectivity index (χ4n) is 2.64. The van der Waals surface area contributed by atoms with E-state index in [0.717, 1.165) is 32.2 Å². The number of nitrogens with one attached hydrogen (secondary N) is 1. The molecule has 1 heterocycles. The van der Waals surface area contributed by atoms with E-state index in [2.05, 4.69) is 41.5 Å². The minimum atomic E-state index is 0.770. The first kappa shape index (κ1) is 13.4. The van der Waals surface area contributed by atoms with Gasteiger partial charge in [0.15, 0.2) is 0 Å². The van der Waals surface area contributed by atoms with E-state index in [-0.39, 0.29) is 0 Å². The quantitative estimate of drug-likeness (QED) is 0.865. The zero-order chi connectivity index (χ0) is 12.8. The molecule has 18 heavy (non-hydrogen) atoms.